The molecule has 1 rings (SSSR count). The number of rotatable bonds is 3. The van der Waals surface area contributed by atoms with Crippen LogP contribution in [0.1, 0.15) is 6.92 Å². The molecule has 0 aliphatic rings. The minimum atomic E-state index is -3.75. The molecule has 0 atom stereocenters. The van der Waals surface area contributed by atoms with Crippen LogP contribution in [0.3, 0.4) is 0 Å². The van der Waals surface area contributed by atoms with Crippen molar-refractivity contribution in [3.63, 3.8) is 0 Å². The van der Waals surface area contributed by atoms with Gasteiger partial charge in [0.2, 0.25) is 0 Å². The van der Waals surface area contributed by atoms with Crippen molar-refractivity contribution in [1.82, 2.24) is 0 Å². The lowest BCUT2D eigenvalue weighted by molar-refractivity contribution is 0.338. The Morgan fingerprint density at radius 1 is 1.36 bits per heavy atom. The van der Waals surface area contributed by atoms with Gasteiger partial charge in [0, 0.05) is 5.02 Å². The Kier molecular flexibility index (Phi) is 3.78. The molecule has 1 aromatic rings. The zero-order valence-corrected chi connectivity index (χ0v) is 9.66. The zero-order valence-electron chi connectivity index (χ0n) is 7.33. The third-order valence-corrected chi connectivity index (χ3v) is 3.54. The van der Waals surface area contributed by atoms with Gasteiger partial charge in [-0.3, -0.25) is 4.18 Å². The van der Waals surface area contributed by atoms with Gasteiger partial charge in [-0.05, 0) is 25.1 Å². The van der Waals surface area contributed by atoms with Crippen LogP contribution in [0.4, 0.5) is 0 Å². The van der Waals surface area contributed by atoms with Crippen molar-refractivity contribution in [3.05, 3.63) is 28.2 Å². The summed E-state index contributed by atoms with van der Waals surface area (Å²) in [6.07, 6.45) is 0. The maximum absolute atomic E-state index is 11.4. The Labute approximate surface area is 92.7 Å². The molecule has 0 heterocycles. The molecule has 0 aliphatic carbocycles. The van der Waals surface area contributed by atoms with Crippen molar-refractivity contribution in [2.45, 2.75) is 11.8 Å². The smallest absolute Gasteiger partial charge is 0.267 e. The molecule has 3 nitrogen and oxygen atoms in total. The Balaban J connectivity index is 3.20. The first kappa shape index (κ1) is 11.8. The molecule has 0 saturated carbocycles. The molecule has 0 saturated heterocycles. The van der Waals surface area contributed by atoms with Crippen LogP contribution in [0.2, 0.25) is 10.0 Å². The second-order valence-corrected chi connectivity index (χ2v) is 4.86. The fourth-order valence-corrected chi connectivity index (χ4v) is 2.56. The van der Waals surface area contributed by atoms with Crippen molar-refractivity contribution < 1.29 is 12.6 Å². The van der Waals surface area contributed by atoms with Gasteiger partial charge in [0.1, 0.15) is 4.90 Å². The summed E-state index contributed by atoms with van der Waals surface area (Å²) in [4.78, 5) is -0.0644. The average Bonchev–Trinajstić information content (AvgIpc) is 2.02. The van der Waals surface area contributed by atoms with Crippen LogP contribution in [0.5, 0.6) is 0 Å². The highest BCUT2D eigenvalue weighted by Crippen LogP contribution is 2.26. The van der Waals surface area contributed by atoms with Crippen LogP contribution in [0.25, 0.3) is 0 Å². The van der Waals surface area contributed by atoms with Gasteiger partial charge < -0.3 is 0 Å². The Bertz CT molecular complexity index is 428. The number of hydrogen-bond donors (Lipinski definition) is 0. The van der Waals surface area contributed by atoms with Gasteiger partial charge >= 0.3 is 0 Å². The van der Waals surface area contributed by atoms with E-state index in [0.717, 1.165) is 0 Å². The van der Waals surface area contributed by atoms with Gasteiger partial charge in [0.25, 0.3) is 10.1 Å². The van der Waals surface area contributed by atoms with E-state index in [0.29, 0.717) is 5.02 Å². The molecule has 0 aliphatic heterocycles. The summed E-state index contributed by atoms with van der Waals surface area (Å²) in [5.41, 5.74) is 0. The predicted octanol–water partition coefficient (Wildman–Crippen LogP) is 2.72. The van der Waals surface area contributed by atoms with Crippen LogP contribution in [0.15, 0.2) is 23.1 Å². The quantitative estimate of drug-likeness (QED) is 0.780. The molecule has 0 unspecified atom stereocenters. The lowest BCUT2D eigenvalue weighted by Crippen LogP contribution is -2.06. The molecule has 0 fully saturated rings. The maximum Gasteiger partial charge on any atom is 0.298 e. The Morgan fingerprint density at radius 2 is 2.00 bits per heavy atom. The predicted molar refractivity (Wildman–Crippen MR) is 55.3 cm³/mol. The highest BCUT2D eigenvalue weighted by molar-refractivity contribution is 7.86. The molecule has 0 N–H and O–H groups in total. The van der Waals surface area contributed by atoms with E-state index in [2.05, 4.69) is 4.18 Å². The summed E-state index contributed by atoms with van der Waals surface area (Å²) in [7, 11) is -3.75. The van der Waals surface area contributed by atoms with Gasteiger partial charge in [0.15, 0.2) is 0 Å². The number of benzene rings is 1. The van der Waals surface area contributed by atoms with E-state index in [1.165, 1.54) is 18.2 Å². The second kappa shape index (κ2) is 4.49. The third-order valence-electron chi connectivity index (χ3n) is 1.44. The van der Waals surface area contributed by atoms with E-state index >= 15 is 0 Å². The maximum atomic E-state index is 11.4. The van der Waals surface area contributed by atoms with Crippen molar-refractivity contribution in [1.29, 1.82) is 0 Å². The number of halogens is 2. The summed E-state index contributed by atoms with van der Waals surface area (Å²) in [6.45, 7) is 1.66. The molecule has 0 radical (unpaired) electrons. The average molecular weight is 255 g/mol. The second-order valence-electron chi connectivity index (χ2n) is 2.44. The molecule has 78 valence electrons. The minimum absolute atomic E-state index is 0.0611. The van der Waals surface area contributed by atoms with Gasteiger partial charge in [-0.25, -0.2) is 0 Å². The molecule has 0 amide bonds. The summed E-state index contributed by atoms with van der Waals surface area (Å²) < 4.78 is 27.4. The molecular weight excluding hydrogens is 247 g/mol. The minimum Gasteiger partial charge on any atom is -0.267 e. The summed E-state index contributed by atoms with van der Waals surface area (Å²) in [5, 5.41) is 0.441. The zero-order chi connectivity index (χ0) is 10.8. The van der Waals surface area contributed by atoms with Crippen molar-refractivity contribution >= 4 is 33.3 Å². The first-order valence-electron chi connectivity index (χ1n) is 3.82. The van der Waals surface area contributed by atoms with E-state index in [1.54, 1.807) is 6.92 Å². The fraction of sp³-hybridized carbons (Fsp3) is 0.250. The molecule has 1 aromatic carbocycles. The van der Waals surface area contributed by atoms with Crippen LogP contribution < -0.4 is 0 Å². The Morgan fingerprint density at radius 3 is 2.50 bits per heavy atom. The van der Waals surface area contributed by atoms with E-state index in [-0.39, 0.29) is 16.5 Å². The molecule has 0 spiro atoms. The topological polar surface area (TPSA) is 43.4 Å². The molecule has 0 bridgehead atoms. The van der Waals surface area contributed by atoms with Crippen LogP contribution in [0, 0.1) is 0 Å². The van der Waals surface area contributed by atoms with Gasteiger partial charge in [-0.1, -0.05) is 23.2 Å². The largest absolute Gasteiger partial charge is 0.298 e. The normalized spacial score (nSPS) is 11.6. The van der Waals surface area contributed by atoms with Crippen LogP contribution in [-0.2, 0) is 14.3 Å². The van der Waals surface area contributed by atoms with Crippen LogP contribution in [-0.4, -0.2) is 15.0 Å². The van der Waals surface area contributed by atoms with Gasteiger partial charge in [-0.15, -0.1) is 0 Å². The third kappa shape index (κ3) is 2.60. The first-order valence-corrected chi connectivity index (χ1v) is 5.98. The molecule has 14 heavy (non-hydrogen) atoms. The van der Waals surface area contributed by atoms with Crippen molar-refractivity contribution in [2.75, 3.05) is 6.61 Å². The molecule has 0 aromatic heterocycles. The lowest BCUT2D eigenvalue weighted by Gasteiger charge is -2.05. The first-order chi connectivity index (χ1) is 6.47. The van der Waals surface area contributed by atoms with Crippen LogP contribution >= 0.6 is 23.2 Å². The highest BCUT2D eigenvalue weighted by Gasteiger charge is 2.17. The van der Waals surface area contributed by atoms with E-state index in [1.807, 2.05) is 0 Å². The summed E-state index contributed by atoms with van der Waals surface area (Å²) in [5.74, 6) is 0. The van der Waals surface area contributed by atoms with E-state index < -0.39 is 10.1 Å². The molecular formula is C8H8Cl2O3S. The van der Waals surface area contributed by atoms with Crippen molar-refractivity contribution in [2.24, 2.45) is 0 Å². The lowest BCUT2D eigenvalue weighted by atomic mass is 10.4. The van der Waals surface area contributed by atoms with Gasteiger partial charge in [0.05, 0.1) is 11.6 Å². The van der Waals surface area contributed by atoms with Crippen molar-refractivity contribution in [3.8, 4) is 0 Å². The summed E-state index contributed by atoms with van der Waals surface area (Å²) in [6, 6.07) is 4.12. The monoisotopic (exact) mass is 254 g/mol. The standard InChI is InChI=1S/C8H8Cl2O3S/c1-2-13-14(11,12)8-4-3-6(9)5-7(8)10/h3-5H,2H2,1H3. The molecule has 6 heteroatoms. The fourth-order valence-electron chi connectivity index (χ4n) is 0.897. The number of hydrogen-bond acceptors (Lipinski definition) is 3. The van der Waals surface area contributed by atoms with Gasteiger partial charge in [-0.2, -0.15) is 8.42 Å². The SMILES string of the molecule is CCOS(=O)(=O)c1ccc(Cl)cc1Cl. The highest BCUT2D eigenvalue weighted by atomic mass is 35.5. The Hall–Kier alpha value is -0.290. The van der Waals surface area contributed by atoms with E-state index in [9.17, 15) is 8.42 Å². The summed E-state index contributed by atoms with van der Waals surface area (Å²) >= 11 is 11.3. The van der Waals surface area contributed by atoms with E-state index in [4.69, 9.17) is 23.2 Å².